The van der Waals surface area contributed by atoms with Gasteiger partial charge in [0.1, 0.15) is 0 Å². The summed E-state index contributed by atoms with van der Waals surface area (Å²) in [5.74, 6) is 0. The zero-order chi connectivity index (χ0) is 26.5. The van der Waals surface area contributed by atoms with Gasteiger partial charge in [0, 0.05) is 17.1 Å². The second-order valence-electron chi connectivity index (χ2n) is 9.69. The van der Waals surface area contributed by atoms with Crippen LogP contribution in [0.5, 0.6) is 0 Å². The molecule has 3 heteroatoms. The lowest BCUT2D eigenvalue weighted by Gasteiger charge is -2.27. The normalized spacial score (nSPS) is 11.1. The molecule has 0 fully saturated rings. The molecule has 0 radical (unpaired) electrons. The molecule has 0 unspecified atom stereocenters. The van der Waals surface area contributed by atoms with Crippen molar-refractivity contribution in [1.82, 2.24) is 0 Å². The van der Waals surface area contributed by atoms with Crippen LogP contribution in [0.3, 0.4) is 0 Å². The minimum absolute atomic E-state index is 1.02. The summed E-state index contributed by atoms with van der Waals surface area (Å²) in [6, 6.07) is 42.3. The summed E-state index contributed by atoms with van der Waals surface area (Å²) in [7, 11) is 0. The molecular formula is C35H33N3. The number of nitrogens with zero attached hydrogens (tertiary/aromatic N) is 3. The molecule has 3 nitrogen and oxygen atoms in total. The standard InChI is InChI=1S/C35H33N3/c1-26-15-19-34(23-28(26)3)37(35-20-16-27(2)29(4)24-35)31-21-17-30(18-22-31)25-36-38(32-11-7-5-8-12-32)33-13-9-6-10-14-33/h5-25H,1-4H3/b36-25+. The molecule has 0 amide bonds. The van der Waals surface area contributed by atoms with Gasteiger partial charge in [-0.05, 0) is 116 Å². The van der Waals surface area contributed by atoms with Crippen LogP contribution in [0, 0.1) is 27.7 Å². The first-order valence-electron chi connectivity index (χ1n) is 13.0. The SMILES string of the molecule is Cc1ccc(N(c2ccc(/C=N/N(c3ccccc3)c3ccccc3)cc2)c2ccc(C)c(C)c2)cc1C. The molecule has 0 saturated carbocycles. The largest absolute Gasteiger partial charge is 0.310 e. The third-order valence-corrected chi connectivity index (χ3v) is 6.97. The van der Waals surface area contributed by atoms with Crippen LogP contribution in [0.2, 0.25) is 0 Å². The van der Waals surface area contributed by atoms with E-state index < -0.39 is 0 Å². The molecule has 0 atom stereocenters. The Bertz CT molecular complexity index is 1450. The van der Waals surface area contributed by atoms with Gasteiger partial charge in [-0.25, -0.2) is 5.01 Å². The first-order valence-corrected chi connectivity index (χ1v) is 13.0. The van der Waals surface area contributed by atoms with E-state index in [0.717, 1.165) is 34.0 Å². The Morgan fingerprint density at radius 3 is 1.34 bits per heavy atom. The summed E-state index contributed by atoms with van der Waals surface area (Å²) in [6.07, 6.45) is 1.92. The van der Waals surface area contributed by atoms with Crippen LogP contribution in [-0.4, -0.2) is 6.21 Å². The van der Waals surface area contributed by atoms with Crippen LogP contribution in [0.4, 0.5) is 28.4 Å². The minimum atomic E-state index is 1.02. The Labute approximate surface area is 226 Å². The van der Waals surface area contributed by atoms with E-state index in [0.29, 0.717) is 0 Å². The Balaban J connectivity index is 1.49. The van der Waals surface area contributed by atoms with E-state index in [-0.39, 0.29) is 0 Å². The number of rotatable bonds is 7. The molecule has 38 heavy (non-hydrogen) atoms. The highest BCUT2D eigenvalue weighted by molar-refractivity contribution is 5.84. The van der Waals surface area contributed by atoms with E-state index in [1.54, 1.807) is 0 Å². The molecule has 188 valence electrons. The first-order chi connectivity index (χ1) is 18.5. The zero-order valence-electron chi connectivity index (χ0n) is 22.5. The third-order valence-electron chi connectivity index (χ3n) is 6.97. The molecule has 0 aliphatic carbocycles. The Kier molecular flexibility index (Phi) is 7.37. The molecule has 0 spiro atoms. The van der Waals surface area contributed by atoms with Crippen molar-refractivity contribution >= 4 is 34.7 Å². The fourth-order valence-electron chi connectivity index (χ4n) is 4.43. The Morgan fingerprint density at radius 1 is 0.447 bits per heavy atom. The average Bonchev–Trinajstić information content (AvgIpc) is 2.95. The van der Waals surface area contributed by atoms with E-state index in [4.69, 9.17) is 5.10 Å². The van der Waals surface area contributed by atoms with Gasteiger partial charge in [0.05, 0.1) is 17.6 Å². The summed E-state index contributed by atoms with van der Waals surface area (Å²) >= 11 is 0. The fraction of sp³-hybridized carbons (Fsp3) is 0.114. The highest BCUT2D eigenvalue weighted by Gasteiger charge is 2.14. The van der Waals surface area contributed by atoms with Gasteiger partial charge in [-0.2, -0.15) is 5.10 Å². The van der Waals surface area contributed by atoms with E-state index in [1.807, 2.05) is 47.6 Å². The maximum absolute atomic E-state index is 4.86. The predicted octanol–water partition coefficient (Wildman–Crippen LogP) is 9.56. The van der Waals surface area contributed by atoms with Gasteiger partial charge >= 0.3 is 0 Å². The van der Waals surface area contributed by atoms with Gasteiger partial charge in [-0.3, -0.25) is 0 Å². The van der Waals surface area contributed by atoms with Gasteiger partial charge in [0.25, 0.3) is 0 Å². The number of hydrogen-bond donors (Lipinski definition) is 0. The molecule has 5 rings (SSSR count). The summed E-state index contributed by atoms with van der Waals surface area (Å²) in [6.45, 7) is 8.65. The van der Waals surface area contributed by atoms with Crippen LogP contribution in [0.1, 0.15) is 27.8 Å². The maximum Gasteiger partial charge on any atom is 0.0652 e. The van der Waals surface area contributed by atoms with E-state index >= 15 is 0 Å². The van der Waals surface area contributed by atoms with Gasteiger partial charge in [0.15, 0.2) is 0 Å². The number of hydrogen-bond acceptors (Lipinski definition) is 3. The maximum atomic E-state index is 4.86. The first kappa shape index (κ1) is 25.0. The summed E-state index contributed by atoms with van der Waals surface area (Å²) < 4.78 is 0. The summed E-state index contributed by atoms with van der Waals surface area (Å²) in [5.41, 5.74) is 11.6. The van der Waals surface area contributed by atoms with Crippen molar-refractivity contribution in [3.05, 3.63) is 149 Å². The topological polar surface area (TPSA) is 18.8 Å². The van der Waals surface area contributed by atoms with Gasteiger partial charge < -0.3 is 4.90 Å². The highest BCUT2D eigenvalue weighted by Crippen LogP contribution is 2.36. The number of anilines is 5. The number of benzene rings is 5. The van der Waals surface area contributed by atoms with Crippen LogP contribution in [0.25, 0.3) is 0 Å². The second-order valence-corrected chi connectivity index (χ2v) is 9.69. The lowest BCUT2D eigenvalue weighted by molar-refractivity contribution is 1.09. The Hall–Kier alpha value is -4.63. The molecular weight excluding hydrogens is 462 g/mol. The molecule has 0 aromatic heterocycles. The fourth-order valence-corrected chi connectivity index (χ4v) is 4.43. The van der Waals surface area contributed by atoms with Crippen molar-refractivity contribution in [2.24, 2.45) is 5.10 Å². The molecule has 5 aromatic rings. The van der Waals surface area contributed by atoms with E-state index in [2.05, 4.69) is 118 Å². The van der Waals surface area contributed by atoms with Crippen molar-refractivity contribution in [3.63, 3.8) is 0 Å². The number of hydrazone groups is 1. The van der Waals surface area contributed by atoms with Gasteiger partial charge in [-0.15, -0.1) is 0 Å². The number of aryl methyl sites for hydroxylation is 4. The monoisotopic (exact) mass is 495 g/mol. The average molecular weight is 496 g/mol. The lowest BCUT2D eigenvalue weighted by Crippen LogP contribution is -2.11. The molecule has 0 aliphatic heterocycles. The smallest absolute Gasteiger partial charge is 0.0652 e. The van der Waals surface area contributed by atoms with E-state index in [9.17, 15) is 0 Å². The zero-order valence-corrected chi connectivity index (χ0v) is 22.5. The van der Waals surface area contributed by atoms with Crippen molar-refractivity contribution in [2.45, 2.75) is 27.7 Å². The predicted molar refractivity (Wildman–Crippen MR) is 163 cm³/mol. The molecule has 5 aromatic carbocycles. The van der Waals surface area contributed by atoms with Crippen molar-refractivity contribution in [1.29, 1.82) is 0 Å². The Morgan fingerprint density at radius 2 is 0.895 bits per heavy atom. The molecule has 0 bridgehead atoms. The molecule has 0 aliphatic rings. The molecule has 0 heterocycles. The summed E-state index contributed by atoms with van der Waals surface area (Å²) in [4.78, 5) is 2.32. The van der Waals surface area contributed by atoms with Crippen molar-refractivity contribution < 1.29 is 0 Å². The van der Waals surface area contributed by atoms with Crippen LogP contribution in [0.15, 0.2) is 126 Å². The van der Waals surface area contributed by atoms with Crippen molar-refractivity contribution in [2.75, 3.05) is 9.91 Å². The van der Waals surface area contributed by atoms with Crippen LogP contribution >= 0.6 is 0 Å². The minimum Gasteiger partial charge on any atom is -0.310 e. The number of para-hydroxylation sites is 2. The van der Waals surface area contributed by atoms with Gasteiger partial charge in [0.2, 0.25) is 0 Å². The molecule has 0 N–H and O–H groups in total. The second kappa shape index (κ2) is 11.2. The van der Waals surface area contributed by atoms with Crippen molar-refractivity contribution in [3.8, 4) is 0 Å². The quantitative estimate of drug-likeness (QED) is 0.165. The third kappa shape index (κ3) is 5.52. The highest BCUT2D eigenvalue weighted by atomic mass is 15.5. The van der Waals surface area contributed by atoms with E-state index in [1.165, 1.54) is 22.3 Å². The van der Waals surface area contributed by atoms with Crippen LogP contribution < -0.4 is 9.91 Å². The summed E-state index contributed by atoms with van der Waals surface area (Å²) in [5, 5.41) is 6.83. The molecule has 0 saturated heterocycles. The van der Waals surface area contributed by atoms with Gasteiger partial charge in [-0.1, -0.05) is 60.7 Å². The van der Waals surface area contributed by atoms with Crippen LogP contribution in [-0.2, 0) is 0 Å². The lowest BCUT2D eigenvalue weighted by atomic mass is 10.1.